The number of ether oxygens (including phenoxy) is 1. The molecule has 0 radical (unpaired) electrons. The van der Waals surface area contributed by atoms with E-state index in [2.05, 4.69) is 10.6 Å². The summed E-state index contributed by atoms with van der Waals surface area (Å²) < 4.78 is 5.24. The number of aliphatic hydroxyl groups excluding tert-OH is 1. The lowest BCUT2D eigenvalue weighted by Gasteiger charge is -2.33. The molecule has 3 aliphatic rings. The minimum Gasteiger partial charge on any atom is -0.497 e. The van der Waals surface area contributed by atoms with Crippen molar-refractivity contribution in [1.82, 2.24) is 0 Å². The predicted molar refractivity (Wildman–Crippen MR) is 97.4 cm³/mol. The number of fused-ring (bicyclic) bond motifs is 2. The molecule has 1 aliphatic heterocycles. The maximum Gasteiger partial charge on any atom is 0.144 e. The van der Waals surface area contributed by atoms with Crippen LogP contribution in [0.4, 0.5) is 11.4 Å². The van der Waals surface area contributed by atoms with Gasteiger partial charge in [0.1, 0.15) is 12.0 Å². The molecule has 2 saturated carbocycles. The van der Waals surface area contributed by atoms with E-state index in [1.54, 1.807) is 7.11 Å². The first-order valence-corrected chi connectivity index (χ1v) is 9.64. The van der Waals surface area contributed by atoms with E-state index in [9.17, 15) is 5.11 Å². The highest BCUT2D eigenvalue weighted by atomic mass is 16.5. The quantitative estimate of drug-likeness (QED) is 0.655. The average molecular weight is 330 g/mol. The Kier molecular flexibility index (Phi) is 4.57. The second-order valence-electron chi connectivity index (χ2n) is 7.89. The molecule has 4 heteroatoms. The number of methoxy groups -OCH3 is 1. The number of rotatable bonds is 7. The fourth-order valence-corrected chi connectivity index (χ4v) is 4.79. The molecule has 1 heterocycles. The lowest BCUT2D eigenvalue weighted by atomic mass is 9.95. The van der Waals surface area contributed by atoms with Gasteiger partial charge >= 0.3 is 0 Å². The number of benzene rings is 1. The SMILES string of the molecule is COc1ccc2c(c1)NC(O)C(CCCCC[C@H]1CC[C@@H]3C[C@H]13)N2. The minimum atomic E-state index is -0.535. The van der Waals surface area contributed by atoms with E-state index < -0.39 is 6.23 Å². The third kappa shape index (κ3) is 3.34. The Hall–Kier alpha value is -1.42. The highest BCUT2D eigenvalue weighted by molar-refractivity contribution is 5.73. The monoisotopic (exact) mass is 330 g/mol. The Bertz CT molecular complexity index is 577. The molecular weight excluding hydrogens is 300 g/mol. The Morgan fingerprint density at radius 1 is 1.08 bits per heavy atom. The smallest absolute Gasteiger partial charge is 0.144 e. The lowest BCUT2D eigenvalue weighted by Crippen LogP contribution is -2.42. The van der Waals surface area contributed by atoms with E-state index >= 15 is 0 Å². The van der Waals surface area contributed by atoms with E-state index in [-0.39, 0.29) is 6.04 Å². The molecule has 1 aromatic rings. The van der Waals surface area contributed by atoms with Crippen LogP contribution in [-0.4, -0.2) is 24.5 Å². The van der Waals surface area contributed by atoms with E-state index in [0.29, 0.717) is 0 Å². The number of aliphatic hydroxyl groups is 1. The summed E-state index contributed by atoms with van der Waals surface area (Å²) >= 11 is 0. The van der Waals surface area contributed by atoms with Crippen LogP contribution in [0, 0.1) is 17.8 Å². The molecule has 0 amide bonds. The maximum absolute atomic E-state index is 10.3. The van der Waals surface area contributed by atoms with Gasteiger partial charge in [0, 0.05) is 6.07 Å². The number of anilines is 2. The molecule has 3 N–H and O–H groups in total. The van der Waals surface area contributed by atoms with Crippen molar-refractivity contribution in [2.45, 2.75) is 63.6 Å². The van der Waals surface area contributed by atoms with Crippen molar-refractivity contribution >= 4 is 11.4 Å². The molecule has 0 aromatic heterocycles. The molecule has 4 nitrogen and oxygen atoms in total. The fourth-order valence-electron chi connectivity index (χ4n) is 4.79. The fraction of sp³-hybridized carbons (Fsp3) is 0.700. The van der Waals surface area contributed by atoms with Gasteiger partial charge in [-0.25, -0.2) is 0 Å². The average Bonchev–Trinajstić information content (AvgIpc) is 3.27. The van der Waals surface area contributed by atoms with Crippen molar-refractivity contribution in [3.05, 3.63) is 18.2 Å². The highest BCUT2D eigenvalue weighted by Gasteiger charge is 2.47. The predicted octanol–water partition coefficient (Wildman–Crippen LogP) is 4.22. The molecule has 5 atom stereocenters. The molecule has 1 aromatic carbocycles. The summed E-state index contributed by atoms with van der Waals surface area (Å²) in [5, 5.41) is 17.0. The molecule has 132 valence electrons. The number of nitrogens with one attached hydrogen (secondary N) is 2. The van der Waals surface area contributed by atoms with Gasteiger partial charge in [-0.05, 0) is 55.6 Å². The molecule has 2 aliphatic carbocycles. The van der Waals surface area contributed by atoms with E-state index in [1.807, 2.05) is 18.2 Å². The summed E-state index contributed by atoms with van der Waals surface area (Å²) in [6.07, 6.45) is 10.3. The molecular formula is C20H30N2O2. The first-order chi connectivity index (χ1) is 11.7. The summed E-state index contributed by atoms with van der Waals surface area (Å²) in [7, 11) is 1.66. The largest absolute Gasteiger partial charge is 0.497 e. The van der Waals surface area contributed by atoms with Gasteiger partial charge in [-0.3, -0.25) is 0 Å². The zero-order valence-electron chi connectivity index (χ0n) is 14.6. The molecule has 4 rings (SSSR count). The first kappa shape index (κ1) is 16.1. The van der Waals surface area contributed by atoms with Crippen molar-refractivity contribution in [2.75, 3.05) is 17.7 Å². The zero-order chi connectivity index (χ0) is 16.5. The number of hydrogen-bond donors (Lipinski definition) is 3. The summed E-state index contributed by atoms with van der Waals surface area (Å²) in [6, 6.07) is 5.99. The van der Waals surface area contributed by atoms with Crippen LogP contribution in [0.5, 0.6) is 5.75 Å². The van der Waals surface area contributed by atoms with Gasteiger partial charge in [0.15, 0.2) is 0 Å². The molecule has 0 bridgehead atoms. The van der Waals surface area contributed by atoms with Crippen LogP contribution in [0.15, 0.2) is 18.2 Å². The van der Waals surface area contributed by atoms with Crippen molar-refractivity contribution in [3.63, 3.8) is 0 Å². The maximum atomic E-state index is 10.3. The van der Waals surface area contributed by atoms with Gasteiger partial charge < -0.3 is 20.5 Å². The van der Waals surface area contributed by atoms with Crippen molar-refractivity contribution < 1.29 is 9.84 Å². The highest BCUT2D eigenvalue weighted by Crippen LogP contribution is 2.56. The Balaban J connectivity index is 1.20. The summed E-state index contributed by atoms with van der Waals surface area (Å²) in [4.78, 5) is 0. The first-order valence-electron chi connectivity index (χ1n) is 9.64. The van der Waals surface area contributed by atoms with Gasteiger partial charge in [-0.2, -0.15) is 0 Å². The van der Waals surface area contributed by atoms with Crippen LogP contribution in [0.25, 0.3) is 0 Å². The van der Waals surface area contributed by atoms with E-state index in [0.717, 1.165) is 41.3 Å². The molecule has 2 fully saturated rings. The van der Waals surface area contributed by atoms with Gasteiger partial charge in [-0.15, -0.1) is 0 Å². The third-order valence-electron chi connectivity index (χ3n) is 6.33. The molecule has 0 saturated heterocycles. The molecule has 2 unspecified atom stereocenters. The Labute approximate surface area is 145 Å². The summed E-state index contributed by atoms with van der Waals surface area (Å²) in [5.41, 5.74) is 1.97. The number of hydrogen-bond acceptors (Lipinski definition) is 4. The van der Waals surface area contributed by atoms with Gasteiger partial charge in [0.2, 0.25) is 0 Å². The molecule has 0 spiro atoms. The normalized spacial score (nSPS) is 33.2. The van der Waals surface area contributed by atoms with E-state index in [4.69, 9.17) is 4.74 Å². The second kappa shape index (κ2) is 6.83. The van der Waals surface area contributed by atoms with Crippen molar-refractivity contribution in [1.29, 1.82) is 0 Å². The van der Waals surface area contributed by atoms with Crippen LogP contribution in [0.1, 0.15) is 51.4 Å². The second-order valence-corrected chi connectivity index (χ2v) is 7.89. The van der Waals surface area contributed by atoms with Gasteiger partial charge in [-0.1, -0.05) is 25.7 Å². The van der Waals surface area contributed by atoms with Crippen LogP contribution >= 0.6 is 0 Å². The standard InChI is InChI=1S/C20H30N2O2/c1-24-15-9-10-17-19(12-15)22-20(23)18(21-17)6-4-2-3-5-13-7-8-14-11-16(13)14/h9-10,12-14,16,18,20-23H,2-8,11H2,1H3/t13-,14+,16+,18?,20?/m0/s1. The summed E-state index contributed by atoms with van der Waals surface area (Å²) in [6.45, 7) is 0. The van der Waals surface area contributed by atoms with Crippen molar-refractivity contribution in [3.8, 4) is 5.75 Å². The van der Waals surface area contributed by atoms with Crippen LogP contribution in [0.2, 0.25) is 0 Å². The van der Waals surface area contributed by atoms with Gasteiger partial charge in [0.25, 0.3) is 0 Å². The Morgan fingerprint density at radius 2 is 1.96 bits per heavy atom. The topological polar surface area (TPSA) is 53.5 Å². The van der Waals surface area contributed by atoms with E-state index in [1.165, 1.54) is 44.9 Å². The summed E-state index contributed by atoms with van der Waals surface area (Å²) in [5.74, 6) is 4.06. The minimum absolute atomic E-state index is 0.0881. The van der Waals surface area contributed by atoms with Crippen LogP contribution in [0.3, 0.4) is 0 Å². The van der Waals surface area contributed by atoms with Crippen molar-refractivity contribution in [2.24, 2.45) is 17.8 Å². The zero-order valence-corrected chi connectivity index (χ0v) is 14.6. The number of unbranched alkanes of at least 4 members (excludes halogenated alkanes) is 2. The Morgan fingerprint density at radius 3 is 2.71 bits per heavy atom. The van der Waals surface area contributed by atoms with Crippen LogP contribution < -0.4 is 15.4 Å². The van der Waals surface area contributed by atoms with Gasteiger partial charge in [0.05, 0.1) is 24.5 Å². The third-order valence-corrected chi connectivity index (χ3v) is 6.33. The van der Waals surface area contributed by atoms with Crippen LogP contribution in [-0.2, 0) is 0 Å². The lowest BCUT2D eigenvalue weighted by molar-refractivity contribution is 0.171. The molecule has 24 heavy (non-hydrogen) atoms.